The Morgan fingerprint density at radius 3 is 2.12 bits per heavy atom. The molecule has 1 aliphatic heterocycles. The van der Waals surface area contributed by atoms with Gasteiger partial charge in [0.05, 0.1) is 22.2 Å². The molecule has 34 heavy (non-hydrogen) atoms. The van der Waals surface area contributed by atoms with Crippen LogP contribution in [0.3, 0.4) is 0 Å². The van der Waals surface area contributed by atoms with Crippen LogP contribution >= 0.6 is 11.3 Å². The highest BCUT2D eigenvalue weighted by molar-refractivity contribution is 7.18. The first-order valence-electron chi connectivity index (χ1n) is 9.65. The highest BCUT2D eigenvalue weighted by Crippen LogP contribution is 2.39. The van der Waals surface area contributed by atoms with Gasteiger partial charge in [0, 0.05) is 31.9 Å². The van der Waals surface area contributed by atoms with E-state index in [-0.39, 0.29) is 30.7 Å². The monoisotopic (exact) mass is 507 g/mol. The number of carboxylic acid groups (broad SMARTS) is 1. The fourth-order valence-electron chi connectivity index (χ4n) is 3.32. The van der Waals surface area contributed by atoms with E-state index in [2.05, 4.69) is 20.4 Å². The number of benzene rings is 1. The molecule has 0 bridgehead atoms. The Balaban J connectivity index is 1.47. The maximum Gasteiger partial charge on any atom is 0.416 e. The van der Waals surface area contributed by atoms with E-state index in [1.54, 1.807) is 0 Å². The molecule has 0 amide bonds. The lowest BCUT2D eigenvalue weighted by Crippen LogP contribution is -2.46. The molecule has 1 aromatic carbocycles. The minimum atomic E-state index is -4.91. The molecule has 9 nitrogen and oxygen atoms in total. The van der Waals surface area contributed by atoms with Gasteiger partial charge in [-0.05, 0) is 23.4 Å². The molecule has 0 atom stereocenters. The summed E-state index contributed by atoms with van der Waals surface area (Å²) in [6, 6.07) is 1.55. The van der Waals surface area contributed by atoms with Crippen LogP contribution in [-0.4, -0.2) is 62.4 Å². The number of alkyl halides is 6. The van der Waals surface area contributed by atoms with Crippen LogP contribution in [0.4, 0.5) is 37.2 Å². The molecule has 0 unspecified atom stereocenters. The maximum atomic E-state index is 13.1. The molecule has 0 saturated carbocycles. The third kappa shape index (κ3) is 5.21. The molecule has 3 heterocycles. The first-order valence-corrected chi connectivity index (χ1v) is 10.5. The van der Waals surface area contributed by atoms with Crippen molar-refractivity contribution in [3.8, 4) is 10.7 Å². The Kier molecular flexibility index (Phi) is 6.09. The molecule has 0 spiro atoms. The average Bonchev–Trinajstić information content (AvgIpc) is 3.41. The van der Waals surface area contributed by atoms with Crippen molar-refractivity contribution in [1.29, 1.82) is 0 Å². The van der Waals surface area contributed by atoms with Crippen molar-refractivity contribution in [1.82, 2.24) is 25.2 Å². The van der Waals surface area contributed by atoms with E-state index in [0.29, 0.717) is 23.1 Å². The van der Waals surface area contributed by atoms with Crippen molar-refractivity contribution in [3.05, 3.63) is 35.5 Å². The lowest BCUT2D eigenvalue weighted by molar-refractivity contribution is -0.143. The molecular weight excluding hydrogens is 492 g/mol. The van der Waals surface area contributed by atoms with E-state index in [1.165, 1.54) is 22.4 Å². The van der Waals surface area contributed by atoms with Gasteiger partial charge in [0.15, 0.2) is 11.7 Å². The number of carboxylic acids is 1. The number of anilines is 2. The fourth-order valence-corrected chi connectivity index (χ4v) is 4.21. The lowest BCUT2D eigenvalue weighted by atomic mass is 10.1. The largest absolute Gasteiger partial charge is 0.480 e. The van der Waals surface area contributed by atoms with Gasteiger partial charge >= 0.3 is 18.3 Å². The summed E-state index contributed by atoms with van der Waals surface area (Å²) < 4.78 is 78.9. The van der Waals surface area contributed by atoms with Crippen LogP contribution in [0.2, 0.25) is 0 Å². The molecule has 1 saturated heterocycles. The number of thiazole rings is 1. The number of aliphatic carboxylic acids is 1. The van der Waals surface area contributed by atoms with E-state index in [0.717, 1.165) is 16.9 Å². The SMILES string of the molecule is O=C(O)Cn1nnc(-c2cnc(N3CCN(c4cc(C(F)(F)F)cc(C(F)(F)F)c4)CC3)s2)n1. The minimum Gasteiger partial charge on any atom is -0.480 e. The van der Waals surface area contributed by atoms with E-state index in [1.807, 2.05) is 4.90 Å². The van der Waals surface area contributed by atoms with Gasteiger partial charge in [-0.15, -0.1) is 10.2 Å². The number of nitrogens with zero attached hydrogens (tertiary/aromatic N) is 7. The number of hydrogen-bond donors (Lipinski definition) is 1. The molecule has 4 rings (SSSR count). The predicted molar refractivity (Wildman–Crippen MR) is 107 cm³/mol. The number of aromatic nitrogens is 5. The maximum absolute atomic E-state index is 13.1. The van der Waals surface area contributed by atoms with Crippen LogP contribution in [0.5, 0.6) is 0 Å². The summed E-state index contributed by atoms with van der Waals surface area (Å²) in [7, 11) is 0. The van der Waals surface area contributed by atoms with Gasteiger partial charge in [-0.25, -0.2) is 4.98 Å². The predicted octanol–water partition coefficient (Wildman–Crippen LogP) is 3.25. The van der Waals surface area contributed by atoms with Crippen LogP contribution in [0.15, 0.2) is 24.4 Å². The Bertz CT molecular complexity index is 1150. The van der Waals surface area contributed by atoms with Gasteiger partial charge in [0.25, 0.3) is 0 Å². The molecule has 3 aromatic rings. The smallest absolute Gasteiger partial charge is 0.416 e. The Morgan fingerprint density at radius 2 is 1.56 bits per heavy atom. The fraction of sp³-hybridized carbons (Fsp3) is 0.389. The second-order valence-electron chi connectivity index (χ2n) is 7.28. The van der Waals surface area contributed by atoms with Crippen molar-refractivity contribution in [2.45, 2.75) is 18.9 Å². The zero-order valence-electron chi connectivity index (χ0n) is 17.0. The first-order chi connectivity index (χ1) is 15.9. The van der Waals surface area contributed by atoms with Gasteiger partial charge in [-0.2, -0.15) is 31.1 Å². The summed E-state index contributed by atoms with van der Waals surface area (Å²) in [6.45, 7) is 0.528. The zero-order valence-corrected chi connectivity index (χ0v) is 17.8. The molecule has 0 aliphatic carbocycles. The molecular formula is C18H15F6N7O2S. The summed E-state index contributed by atoms with van der Waals surface area (Å²) in [5.74, 6) is -0.942. The molecule has 16 heteroatoms. The highest BCUT2D eigenvalue weighted by atomic mass is 32.1. The van der Waals surface area contributed by atoms with Crippen LogP contribution in [0.1, 0.15) is 11.1 Å². The van der Waals surface area contributed by atoms with Crippen LogP contribution < -0.4 is 9.80 Å². The van der Waals surface area contributed by atoms with Gasteiger partial charge in [-0.3, -0.25) is 4.79 Å². The number of rotatable bonds is 5. The number of halogens is 6. The number of piperazine rings is 1. The highest BCUT2D eigenvalue weighted by Gasteiger charge is 2.37. The molecule has 1 aliphatic rings. The standard InChI is InChI=1S/C18H15F6N7O2S/c19-17(20,21)10-5-11(18(22,23)24)7-12(6-10)29-1-3-30(4-2-29)16-25-8-13(34-16)15-26-28-31(27-15)9-14(32)33/h5-8H,1-4,9H2,(H,32,33). The Morgan fingerprint density at radius 1 is 0.971 bits per heavy atom. The lowest BCUT2D eigenvalue weighted by Gasteiger charge is -2.36. The van der Waals surface area contributed by atoms with Crippen molar-refractivity contribution in [3.63, 3.8) is 0 Å². The zero-order chi connectivity index (χ0) is 24.7. The second kappa shape index (κ2) is 8.73. The minimum absolute atomic E-state index is 0.109. The van der Waals surface area contributed by atoms with Gasteiger partial charge in [0.2, 0.25) is 5.82 Å². The summed E-state index contributed by atoms with van der Waals surface area (Å²) in [6.07, 6.45) is -8.33. The number of hydrogen-bond acceptors (Lipinski definition) is 8. The topological polar surface area (TPSA) is 100 Å². The summed E-state index contributed by atoms with van der Waals surface area (Å²) in [4.78, 5) is 19.8. The van der Waals surface area contributed by atoms with Crippen LogP contribution in [0, 0.1) is 0 Å². The summed E-state index contributed by atoms with van der Waals surface area (Å²) in [5.41, 5.74) is -2.86. The first kappa shape index (κ1) is 23.7. The summed E-state index contributed by atoms with van der Waals surface area (Å²) in [5, 5.41) is 20.7. The van der Waals surface area contributed by atoms with Gasteiger partial charge in [-0.1, -0.05) is 11.3 Å². The van der Waals surface area contributed by atoms with E-state index in [9.17, 15) is 31.1 Å². The van der Waals surface area contributed by atoms with E-state index >= 15 is 0 Å². The summed E-state index contributed by atoms with van der Waals surface area (Å²) >= 11 is 1.21. The van der Waals surface area contributed by atoms with Gasteiger partial charge in [0.1, 0.15) is 0 Å². The Hall–Kier alpha value is -3.43. The van der Waals surface area contributed by atoms with Crippen molar-refractivity contribution in [2.75, 3.05) is 36.0 Å². The van der Waals surface area contributed by atoms with Crippen LogP contribution in [-0.2, 0) is 23.7 Å². The number of carbonyl (C=O) groups is 1. The Labute approximate surface area is 191 Å². The van der Waals surface area contributed by atoms with E-state index in [4.69, 9.17) is 5.11 Å². The van der Waals surface area contributed by atoms with E-state index < -0.39 is 36.0 Å². The normalized spacial score (nSPS) is 15.1. The molecule has 1 N–H and O–H groups in total. The van der Waals surface area contributed by atoms with Crippen molar-refractivity contribution in [2.24, 2.45) is 0 Å². The second-order valence-corrected chi connectivity index (χ2v) is 8.29. The average molecular weight is 507 g/mol. The third-order valence-electron chi connectivity index (χ3n) is 4.93. The molecule has 2 aromatic heterocycles. The molecule has 0 radical (unpaired) electrons. The van der Waals surface area contributed by atoms with Gasteiger partial charge < -0.3 is 14.9 Å². The van der Waals surface area contributed by atoms with Crippen molar-refractivity contribution < 1.29 is 36.2 Å². The third-order valence-corrected chi connectivity index (χ3v) is 5.99. The van der Waals surface area contributed by atoms with Crippen LogP contribution in [0.25, 0.3) is 10.7 Å². The molecule has 1 fully saturated rings. The number of tetrazole rings is 1. The quantitative estimate of drug-likeness (QED) is 0.526. The van der Waals surface area contributed by atoms with Crippen molar-refractivity contribution >= 4 is 28.1 Å². The molecule has 182 valence electrons.